The normalized spacial score (nSPS) is 12.2. The smallest absolute Gasteiger partial charge is 0.0000126 e. The molecule has 0 rings (SSSR count). The summed E-state index contributed by atoms with van der Waals surface area (Å²) in [5, 5.41) is 3.57. The van der Waals surface area contributed by atoms with Crippen molar-refractivity contribution in [3.63, 3.8) is 0 Å². The second-order valence-electron chi connectivity index (χ2n) is 9.52. The van der Waals surface area contributed by atoms with E-state index in [9.17, 15) is 0 Å². The highest BCUT2D eigenvalue weighted by Crippen LogP contribution is 2.14. The van der Waals surface area contributed by atoms with Crippen LogP contribution in [0.4, 0.5) is 0 Å². The summed E-state index contributed by atoms with van der Waals surface area (Å²) in [6.45, 7) is 13.9. The average Bonchev–Trinajstić information content (AvgIpc) is 2.49. The van der Waals surface area contributed by atoms with E-state index in [0.29, 0.717) is 5.41 Å². The molecule has 24 heavy (non-hydrogen) atoms. The summed E-state index contributed by atoms with van der Waals surface area (Å²) in [5.41, 5.74) is 0.425. The number of nitrogens with one attached hydrogen (secondary N) is 1. The van der Waals surface area contributed by atoms with E-state index in [1.807, 2.05) is 0 Å². The number of unbranched alkanes of at least 4 members (excludes halogenated alkanes) is 12. The Morgan fingerprint density at radius 1 is 0.583 bits per heavy atom. The molecular weight excluding hydrogens is 290 g/mol. The topological polar surface area (TPSA) is 12.0 Å². The summed E-state index contributed by atoms with van der Waals surface area (Å²) in [6, 6.07) is 0. The minimum Gasteiger partial charge on any atom is -0.316 e. The number of rotatable bonds is 17. The van der Waals surface area contributed by atoms with E-state index < -0.39 is 0 Å². The molecule has 0 bridgehead atoms. The summed E-state index contributed by atoms with van der Waals surface area (Å²) in [4.78, 5) is 0. The van der Waals surface area contributed by atoms with Gasteiger partial charge in [-0.2, -0.15) is 0 Å². The first-order chi connectivity index (χ1) is 11.4. The Bertz CT molecular complexity index is 239. The van der Waals surface area contributed by atoms with Crippen molar-refractivity contribution >= 4 is 0 Å². The zero-order valence-corrected chi connectivity index (χ0v) is 17.9. The Labute approximate surface area is 154 Å². The Morgan fingerprint density at radius 2 is 0.958 bits per heavy atom. The van der Waals surface area contributed by atoms with Crippen LogP contribution in [0.5, 0.6) is 0 Å². The minimum absolute atomic E-state index is 0.425. The van der Waals surface area contributed by atoms with Crippen LogP contribution < -0.4 is 5.32 Å². The van der Waals surface area contributed by atoms with Gasteiger partial charge in [0, 0.05) is 0 Å². The highest BCUT2D eigenvalue weighted by Gasteiger charge is 2.07. The molecule has 0 radical (unpaired) electrons. The van der Waals surface area contributed by atoms with Crippen molar-refractivity contribution in [3.05, 3.63) is 0 Å². The van der Waals surface area contributed by atoms with E-state index in [1.165, 1.54) is 96.4 Å². The molecular formula is C23H49N. The highest BCUT2D eigenvalue weighted by molar-refractivity contribution is 4.64. The van der Waals surface area contributed by atoms with Gasteiger partial charge in [0.05, 0.1) is 0 Å². The molecule has 0 spiro atoms. The van der Waals surface area contributed by atoms with E-state index in [0.717, 1.165) is 12.5 Å². The summed E-state index contributed by atoms with van der Waals surface area (Å²) >= 11 is 0. The van der Waals surface area contributed by atoms with Crippen molar-refractivity contribution in [2.45, 2.75) is 125 Å². The molecule has 0 atom stereocenters. The lowest BCUT2D eigenvalue weighted by atomic mass is 9.97. The van der Waals surface area contributed by atoms with Gasteiger partial charge < -0.3 is 5.32 Å². The van der Waals surface area contributed by atoms with E-state index >= 15 is 0 Å². The zero-order chi connectivity index (χ0) is 18.1. The molecule has 0 saturated carbocycles. The van der Waals surface area contributed by atoms with Gasteiger partial charge in [-0.1, -0.05) is 118 Å². The van der Waals surface area contributed by atoms with E-state index in [-0.39, 0.29) is 0 Å². The summed E-state index contributed by atoms with van der Waals surface area (Å²) in [5.74, 6) is 0.893. The first kappa shape index (κ1) is 24.0. The SMILES string of the molecule is CC(C)CCCCCCCCCCCCCCCNCC(C)(C)C. The van der Waals surface area contributed by atoms with E-state index in [1.54, 1.807) is 0 Å². The molecule has 0 aliphatic heterocycles. The van der Waals surface area contributed by atoms with Gasteiger partial charge in [0.2, 0.25) is 0 Å². The minimum atomic E-state index is 0.425. The Hall–Kier alpha value is -0.0400. The number of hydrogen-bond acceptors (Lipinski definition) is 1. The molecule has 0 fully saturated rings. The van der Waals surface area contributed by atoms with Gasteiger partial charge in [-0.3, -0.25) is 0 Å². The molecule has 0 aliphatic carbocycles. The third-order valence-electron chi connectivity index (χ3n) is 4.79. The summed E-state index contributed by atoms with van der Waals surface area (Å²) in [7, 11) is 0. The molecule has 1 N–H and O–H groups in total. The van der Waals surface area contributed by atoms with Crippen molar-refractivity contribution in [3.8, 4) is 0 Å². The lowest BCUT2D eigenvalue weighted by Crippen LogP contribution is -2.27. The van der Waals surface area contributed by atoms with E-state index in [2.05, 4.69) is 39.9 Å². The largest absolute Gasteiger partial charge is 0.316 e. The summed E-state index contributed by atoms with van der Waals surface area (Å²) in [6.07, 6.45) is 20.3. The fourth-order valence-corrected chi connectivity index (χ4v) is 3.21. The lowest BCUT2D eigenvalue weighted by molar-refractivity contribution is 0.377. The molecule has 0 amide bonds. The molecule has 0 aliphatic rings. The quantitative estimate of drug-likeness (QED) is 0.267. The van der Waals surface area contributed by atoms with E-state index in [4.69, 9.17) is 0 Å². The molecule has 0 saturated heterocycles. The second kappa shape index (κ2) is 16.4. The zero-order valence-electron chi connectivity index (χ0n) is 17.9. The van der Waals surface area contributed by atoms with Crippen LogP contribution in [-0.4, -0.2) is 13.1 Å². The average molecular weight is 340 g/mol. The number of hydrogen-bond donors (Lipinski definition) is 1. The molecule has 0 unspecified atom stereocenters. The second-order valence-corrected chi connectivity index (χ2v) is 9.52. The van der Waals surface area contributed by atoms with Crippen LogP contribution >= 0.6 is 0 Å². The molecule has 0 aromatic carbocycles. The van der Waals surface area contributed by atoms with Crippen LogP contribution in [0.2, 0.25) is 0 Å². The van der Waals surface area contributed by atoms with Crippen molar-refractivity contribution in [1.29, 1.82) is 0 Å². The third kappa shape index (κ3) is 22.0. The van der Waals surface area contributed by atoms with Gasteiger partial charge in [-0.25, -0.2) is 0 Å². The third-order valence-corrected chi connectivity index (χ3v) is 4.79. The monoisotopic (exact) mass is 339 g/mol. The first-order valence-electron chi connectivity index (χ1n) is 11.1. The van der Waals surface area contributed by atoms with Crippen LogP contribution in [0, 0.1) is 11.3 Å². The fraction of sp³-hybridized carbons (Fsp3) is 1.00. The van der Waals surface area contributed by atoms with Gasteiger partial charge in [-0.15, -0.1) is 0 Å². The predicted molar refractivity (Wildman–Crippen MR) is 112 cm³/mol. The van der Waals surface area contributed by atoms with Crippen molar-refractivity contribution in [1.82, 2.24) is 5.32 Å². The van der Waals surface area contributed by atoms with Crippen molar-refractivity contribution < 1.29 is 0 Å². The van der Waals surface area contributed by atoms with Crippen LogP contribution in [0.25, 0.3) is 0 Å². The Balaban J connectivity index is 3.03. The Kier molecular flexibility index (Phi) is 16.4. The van der Waals surface area contributed by atoms with Crippen molar-refractivity contribution in [2.24, 2.45) is 11.3 Å². The van der Waals surface area contributed by atoms with Gasteiger partial charge in [0.1, 0.15) is 0 Å². The van der Waals surface area contributed by atoms with Crippen LogP contribution in [0.3, 0.4) is 0 Å². The standard InChI is InChI=1S/C23H49N/c1-22(2)19-17-15-13-11-9-7-6-8-10-12-14-16-18-20-24-21-23(3,4)5/h22,24H,6-21H2,1-5H3. The fourth-order valence-electron chi connectivity index (χ4n) is 3.21. The van der Waals surface area contributed by atoms with Gasteiger partial charge in [0.25, 0.3) is 0 Å². The maximum Gasteiger partial charge on any atom is -0.0000126 e. The lowest BCUT2D eigenvalue weighted by Gasteiger charge is -2.18. The molecule has 0 aromatic rings. The molecule has 1 heteroatoms. The molecule has 1 nitrogen and oxygen atoms in total. The van der Waals surface area contributed by atoms with Crippen molar-refractivity contribution in [2.75, 3.05) is 13.1 Å². The first-order valence-corrected chi connectivity index (χ1v) is 11.1. The maximum absolute atomic E-state index is 3.57. The van der Waals surface area contributed by atoms with Gasteiger partial charge >= 0.3 is 0 Å². The molecule has 146 valence electrons. The van der Waals surface area contributed by atoms with Crippen LogP contribution in [0.1, 0.15) is 125 Å². The predicted octanol–water partition coefficient (Wildman–Crippen LogP) is 7.74. The van der Waals surface area contributed by atoms with Gasteiger partial charge in [-0.05, 0) is 30.8 Å². The molecule has 0 aromatic heterocycles. The van der Waals surface area contributed by atoms with Crippen LogP contribution in [-0.2, 0) is 0 Å². The highest BCUT2D eigenvalue weighted by atomic mass is 14.9. The summed E-state index contributed by atoms with van der Waals surface area (Å²) < 4.78 is 0. The Morgan fingerprint density at radius 3 is 1.33 bits per heavy atom. The molecule has 0 heterocycles. The van der Waals surface area contributed by atoms with Crippen LogP contribution in [0.15, 0.2) is 0 Å². The maximum atomic E-state index is 3.57. The van der Waals surface area contributed by atoms with Gasteiger partial charge in [0.15, 0.2) is 0 Å².